The van der Waals surface area contributed by atoms with Crippen molar-refractivity contribution in [3.05, 3.63) is 48.5 Å². The van der Waals surface area contributed by atoms with E-state index < -0.39 is 15.6 Å². The van der Waals surface area contributed by atoms with Crippen molar-refractivity contribution in [2.24, 2.45) is 7.05 Å². The standard InChI is InChI=1S/C23H31N7O3S/c1-17-25-21(15-29(17)4)20-9-10-24-22(27-20)26-18-5-7-19(8-6-18)34(31,32)28-23(2,3)16-30-11-13-33-14-12-30/h5-10,15,28H,11-14,16H2,1-4H3,(H,24,26,27). The van der Waals surface area contributed by atoms with Crippen molar-refractivity contribution in [2.45, 2.75) is 31.2 Å². The minimum absolute atomic E-state index is 0.201. The van der Waals surface area contributed by atoms with Gasteiger partial charge in [0.1, 0.15) is 11.5 Å². The van der Waals surface area contributed by atoms with Crippen LogP contribution in [0.1, 0.15) is 19.7 Å². The van der Waals surface area contributed by atoms with Gasteiger partial charge in [0.2, 0.25) is 16.0 Å². The van der Waals surface area contributed by atoms with Gasteiger partial charge < -0.3 is 14.6 Å². The summed E-state index contributed by atoms with van der Waals surface area (Å²) in [6.07, 6.45) is 3.57. The fraction of sp³-hybridized carbons (Fsp3) is 0.435. The number of nitrogens with zero attached hydrogens (tertiary/aromatic N) is 5. The van der Waals surface area contributed by atoms with E-state index in [0.29, 0.717) is 37.1 Å². The van der Waals surface area contributed by atoms with Gasteiger partial charge in [-0.1, -0.05) is 0 Å². The van der Waals surface area contributed by atoms with Crippen LogP contribution in [0.2, 0.25) is 0 Å². The fourth-order valence-electron chi connectivity index (χ4n) is 3.86. The molecule has 0 amide bonds. The lowest BCUT2D eigenvalue weighted by Crippen LogP contribution is -2.53. The highest BCUT2D eigenvalue weighted by Gasteiger charge is 2.29. The topological polar surface area (TPSA) is 114 Å². The molecule has 3 heterocycles. The van der Waals surface area contributed by atoms with Crippen LogP contribution >= 0.6 is 0 Å². The van der Waals surface area contributed by atoms with E-state index in [1.54, 1.807) is 36.5 Å². The Hall–Kier alpha value is -2.86. The van der Waals surface area contributed by atoms with Gasteiger partial charge in [0.15, 0.2) is 0 Å². The van der Waals surface area contributed by atoms with Gasteiger partial charge in [-0.2, -0.15) is 0 Å². The van der Waals surface area contributed by atoms with Crippen LogP contribution in [0.4, 0.5) is 11.6 Å². The van der Waals surface area contributed by atoms with E-state index in [1.165, 1.54) is 0 Å². The first-order valence-corrected chi connectivity index (χ1v) is 12.6. The lowest BCUT2D eigenvalue weighted by Gasteiger charge is -2.35. The van der Waals surface area contributed by atoms with Crippen molar-refractivity contribution in [2.75, 3.05) is 38.2 Å². The number of anilines is 2. The molecule has 1 saturated heterocycles. The van der Waals surface area contributed by atoms with Crippen molar-refractivity contribution < 1.29 is 13.2 Å². The molecule has 0 aliphatic carbocycles. The number of benzene rings is 1. The zero-order valence-electron chi connectivity index (χ0n) is 19.9. The molecule has 1 aromatic carbocycles. The molecule has 1 aliphatic rings. The Bertz CT molecular complexity index is 1210. The second kappa shape index (κ2) is 9.79. The zero-order chi connectivity index (χ0) is 24.3. The molecule has 3 aromatic rings. The molecule has 4 rings (SSSR count). The highest BCUT2D eigenvalue weighted by atomic mass is 32.2. The maximum atomic E-state index is 13.0. The van der Waals surface area contributed by atoms with Gasteiger partial charge in [-0.05, 0) is 51.1 Å². The maximum Gasteiger partial charge on any atom is 0.241 e. The third-order valence-electron chi connectivity index (χ3n) is 5.58. The molecule has 0 spiro atoms. The van der Waals surface area contributed by atoms with Crippen molar-refractivity contribution in [3.8, 4) is 11.4 Å². The fourth-order valence-corrected chi connectivity index (χ4v) is 5.27. The van der Waals surface area contributed by atoms with Crippen molar-refractivity contribution >= 4 is 21.7 Å². The number of morpholine rings is 1. The number of sulfonamides is 1. The number of rotatable bonds is 8. The summed E-state index contributed by atoms with van der Waals surface area (Å²) in [5.41, 5.74) is 1.52. The third-order valence-corrected chi connectivity index (χ3v) is 7.29. The number of nitrogens with one attached hydrogen (secondary N) is 2. The van der Waals surface area contributed by atoms with Gasteiger partial charge in [0, 0.05) is 50.3 Å². The Labute approximate surface area is 200 Å². The van der Waals surface area contributed by atoms with Crippen LogP contribution in [0.5, 0.6) is 0 Å². The van der Waals surface area contributed by atoms with E-state index in [-0.39, 0.29) is 4.90 Å². The van der Waals surface area contributed by atoms with Gasteiger partial charge in [-0.25, -0.2) is 28.1 Å². The molecule has 0 saturated carbocycles. The number of hydrogen-bond donors (Lipinski definition) is 2. The molecule has 34 heavy (non-hydrogen) atoms. The van der Waals surface area contributed by atoms with E-state index >= 15 is 0 Å². The number of aromatic nitrogens is 4. The summed E-state index contributed by atoms with van der Waals surface area (Å²) in [7, 11) is -1.75. The minimum Gasteiger partial charge on any atom is -0.379 e. The van der Waals surface area contributed by atoms with Crippen LogP contribution in [0.15, 0.2) is 47.6 Å². The first-order valence-electron chi connectivity index (χ1n) is 11.2. The van der Waals surface area contributed by atoms with E-state index in [0.717, 1.165) is 24.6 Å². The lowest BCUT2D eigenvalue weighted by molar-refractivity contribution is 0.0290. The Morgan fingerprint density at radius 3 is 2.41 bits per heavy atom. The minimum atomic E-state index is -3.68. The van der Waals surface area contributed by atoms with Gasteiger partial charge in [-0.15, -0.1) is 0 Å². The average Bonchev–Trinajstić information content (AvgIpc) is 3.12. The van der Waals surface area contributed by atoms with Crippen molar-refractivity contribution in [1.29, 1.82) is 0 Å². The normalized spacial score (nSPS) is 15.4. The third kappa shape index (κ3) is 5.98. The Morgan fingerprint density at radius 2 is 1.76 bits per heavy atom. The molecule has 182 valence electrons. The smallest absolute Gasteiger partial charge is 0.241 e. The lowest BCUT2D eigenvalue weighted by atomic mass is 10.1. The molecule has 11 heteroatoms. The van der Waals surface area contributed by atoms with Crippen LogP contribution in [0.3, 0.4) is 0 Å². The number of hydrogen-bond acceptors (Lipinski definition) is 8. The Balaban J connectivity index is 1.43. The van der Waals surface area contributed by atoms with E-state index in [9.17, 15) is 8.42 Å². The first kappa shape index (κ1) is 24.3. The van der Waals surface area contributed by atoms with Crippen LogP contribution in [0.25, 0.3) is 11.4 Å². The highest BCUT2D eigenvalue weighted by molar-refractivity contribution is 7.89. The Morgan fingerprint density at radius 1 is 1.06 bits per heavy atom. The predicted molar refractivity (Wildman–Crippen MR) is 130 cm³/mol. The molecule has 0 bridgehead atoms. The van der Waals surface area contributed by atoms with Crippen molar-refractivity contribution in [1.82, 2.24) is 29.1 Å². The molecule has 1 aliphatic heterocycles. The van der Waals surface area contributed by atoms with Gasteiger partial charge >= 0.3 is 0 Å². The summed E-state index contributed by atoms with van der Waals surface area (Å²) in [4.78, 5) is 15.7. The second-order valence-electron chi connectivity index (χ2n) is 9.08. The van der Waals surface area contributed by atoms with E-state index in [2.05, 4.69) is 29.9 Å². The van der Waals surface area contributed by atoms with Gasteiger partial charge in [0.05, 0.1) is 23.8 Å². The zero-order valence-corrected chi connectivity index (χ0v) is 20.8. The summed E-state index contributed by atoms with van der Waals surface area (Å²) < 4.78 is 36.1. The number of aryl methyl sites for hydroxylation is 2. The number of imidazole rings is 1. The maximum absolute atomic E-state index is 13.0. The van der Waals surface area contributed by atoms with Crippen LogP contribution in [-0.2, 0) is 21.8 Å². The molecular weight excluding hydrogens is 454 g/mol. The molecule has 0 unspecified atom stereocenters. The van der Waals surface area contributed by atoms with Gasteiger partial charge in [-0.3, -0.25) is 4.90 Å². The Kier molecular flexibility index (Phi) is 6.99. The van der Waals surface area contributed by atoms with Crippen LogP contribution in [0, 0.1) is 6.92 Å². The summed E-state index contributed by atoms with van der Waals surface area (Å²) in [6.45, 7) is 9.27. The summed E-state index contributed by atoms with van der Waals surface area (Å²) in [5.74, 6) is 1.29. The van der Waals surface area contributed by atoms with Gasteiger partial charge in [0.25, 0.3) is 0 Å². The summed E-state index contributed by atoms with van der Waals surface area (Å²) in [6, 6.07) is 8.34. The average molecular weight is 486 g/mol. The van der Waals surface area contributed by atoms with Crippen LogP contribution < -0.4 is 10.0 Å². The van der Waals surface area contributed by atoms with Crippen LogP contribution in [-0.4, -0.2) is 71.2 Å². The molecule has 0 radical (unpaired) electrons. The second-order valence-corrected chi connectivity index (χ2v) is 10.8. The van der Waals surface area contributed by atoms with E-state index in [4.69, 9.17) is 4.74 Å². The summed E-state index contributed by atoms with van der Waals surface area (Å²) in [5, 5.41) is 3.13. The molecule has 1 fully saturated rings. The SMILES string of the molecule is Cc1nc(-c2ccnc(Nc3ccc(S(=O)(=O)NC(C)(C)CN4CCOCC4)cc3)n2)cn1C. The highest BCUT2D eigenvalue weighted by Crippen LogP contribution is 2.21. The number of ether oxygens (including phenoxy) is 1. The van der Waals surface area contributed by atoms with Crippen molar-refractivity contribution in [3.63, 3.8) is 0 Å². The quantitative estimate of drug-likeness (QED) is 0.500. The van der Waals surface area contributed by atoms with E-state index in [1.807, 2.05) is 38.6 Å². The molecule has 2 N–H and O–H groups in total. The summed E-state index contributed by atoms with van der Waals surface area (Å²) >= 11 is 0. The first-order chi connectivity index (χ1) is 16.1. The molecule has 10 nitrogen and oxygen atoms in total. The monoisotopic (exact) mass is 485 g/mol. The largest absolute Gasteiger partial charge is 0.379 e. The molecule has 2 aromatic heterocycles. The molecular formula is C23H31N7O3S. The molecule has 0 atom stereocenters. The predicted octanol–water partition coefficient (Wildman–Crippen LogP) is 2.32.